The number of nitrogens with one attached hydrogen (secondary N) is 1. The molecule has 1 aliphatic rings. The standard InChI is InChI=1S/C25H32N4O/c1-25(2,3)19-10-12-21(13-11-19)29(4)23(22-17-27-15-14-18(22)16-26)24(30)28-20-8-6-5-7-9-20/h10-15,17,20,23H,5-9H2,1-4H3,(H,28,30). The number of aromatic nitrogens is 1. The summed E-state index contributed by atoms with van der Waals surface area (Å²) in [5.74, 6) is -0.0752. The van der Waals surface area contributed by atoms with Crippen LogP contribution in [0.4, 0.5) is 5.69 Å². The van der Waals surface area contributed by atoms with Gasteiger partial charge in [-0.25, -0.2) is 0 Å². The van der Waals surface area contributed by atoms with Crippen LogP contribution in [0.5, 0.6) is 0 Å². The molecular weight excluding hydrogens is 372 g/mol. The number of hydrogen-bond donors (Lipinski definition) is 1. The van der Waals surface area contributed by atoms with Crippen molar-refractivity contribution in [1.82, 2.24) is 10.3 Å². The SMILES string of the molecule is CN(c1ccc(C(C)(C)C)cc1)C(C(=O)NC1CCCCC1)c1cnccc1C#N. The maximum Gasteiger partial charge on any atom is 0.247 e. The summed E-state index contributed by atoms with van der Waals surface area (Å²) < 4.78 is 0. The molecule has 158 valence electrons. The van der Waals surface area contributed by atoms with Gasteiger partial charge in [0.05, 0.1) is 11.6 Å². The van der Waals surface area contributed by atoms with Gasteiger partial charge in [-0.05, 0) is 42.0 Å². The summed E-state index contributed by atoms with van der Waals surface area (Å²) in [6, 6.07) is 11.8. The Bertz CT molecular complexity index is 902. The van der Waals surface area contributed by atoms with Gasteiger partial charge in [-0.2, -0.15) is 5.26 Å². The third kappa shape index (κ3) is 4.99. The number of carbonyl (C=O) groups excluding carboxylic acids is 1. The second kappa shape index (κ2) is 9.30. The molecule has 1 atom stereocenters. The zero-order valence-corrected chi connectivity index (χ0v) is 18.5. The molecule has 0 radical (unpaired) electrons. The normalized spacial score (nSPS) is 15.8. The van der Waals surface area contributed by atoms with Gasteiger partial charge in [0, 0.05) is 36.7 Å². The fraction of sp³-hybridized carbons (Fsp3) is 0.480. The van der Waals surface area contributed by atoms with Gasteiger partial charge < -0.3 is 10.2 Å². The van der Waals surface area contributed by atoms with Crippen molar-refractivity contribution in [1.29, 1.82) is 5.26 Å². The maximum atomic E-state index is 13.4. The Hall–Kier alpha value is -2.87. The van der Waals surface area contributed by atoms with Gasteiger partial charge in [-0.15, -0.1) is 0 Å². The number of nitriles is 1. The minimum Gasteiger partial charge on any atom is -0.359 e. The van der Waals surface area contributed by atoms with Crippen molar-refractivity contribution in [3.8, 4) is 6.07 Å². The average molecular weight is 405 g/mol. The van der Waals surface area contributed by atoms with E-state index in [9.17, 15) is 10.1 Å². The number of carbonyl (C=O) groups is 1. The molecule has 0 saturated heterocycles. The number of anilines is 1. The van der Waals surface area contributed by atoms with E-state index in [1.54, 1.807) is 18.5 Å². The summed E-state index contributed by atoms with van der Waals surface area (Å²) in [6.45, 7) is 6.54. The van der Waals surface area contributed by atoms with Crippen LogP contribution in [-0.2, 0) is 10.2 Å². The Balaban J connectivity index is 1.94. The van der Waals surface area contributed by atoms with Gasteiger partial charge in [-0.1, -0.05) is 52.2 Å². The summed E-state index contributed by atoms with van der Waals surface area (Å²) in [5.41, 5.74) is 3.34. The van der Waals surface area contributed by atoms with Gasteiger partial charge in [0.25, 0.3) is 0 Å². The Morgan fingerprint density at radius 2 is 1.83 bits per heavy atom. The number of rotatable bonds is 5. The molecule has 0 aliphatic heterocycles. The summed E-state index contributed by atoms with van der Waals surface area (Å²) in [4.78, 5) is 19.6. The van der Waals surface area contributed by atoms with Crippen molar-refractivity contribution >= 4 is 11.6 Å². The first-order valence-electron chi connectivity index (χ1n) is 10.8. The van der Waals surface area contributed by atoms with Crippen LogP contribution in [-0.4, -0.2) is 24.0 Å². The van der Waals surface area contributed by atoms with Crippen LogP contribution in [0.15, 0.2) is 42.7 Å². The minimum absolute atomic E-state index is 0.0617. The lowest BCUT2D eigenvalue weighted by atomic mass is 9.87. The average Bonchev–Trinajstić information content (AvgIpc) is 2.74. The molecule has 3 rings (SSSR count). The maximum absolute atomic E-state index is 13.4. The van der Waals surface area contributed by atoms with E-state index in [1.165, 1.54) is 12.0 Å². The fourth-order valence-corrected chi connectivity index (χ4v) is 4.12. The molecule has 1 amide bonds. The smallest absolute Gasteiger partial charge is 0.247 e. The highest BCUT2D eigenvalue weighted by Crippen LogP contribution is 2.31. The Morgan fingerprint density at radius 1 is 1.17 bits per heavy atom. The van der Waals surface area contributed by atoms with Crippen LogP contribution >= 0.6 is 0 Å². The van der Waals surface area contributed by atoms with Gasteiger partial charge in [-0.3, -0.25) is 9.78 Å². The molecule has 1 heterocycles. The van der Waals surface area contributed by atoms with Gasteiger partial charge in [0.1, 0.15) is 6.04 Å². The van der Waals surface area contributed by atoms with E-state index >= 15 is 0 Å². The largest absolute Gasteiger partial charge is 0.359 e. The van der Waals surface area contributed by atoms with Gasteiger partial charge in [0.15, 0.2) is 0 Å². The van der Waals surface area contributed by atoms with E-state index in [1.807, 2.05) is 24.1 Å². The van der Waals surface area contributed by atoms with E-state index in [0.29, 0.717) is 11.1 Å². The first kappa shape index (κ1) is 21.8. The summed E-state index contributed by atoms with van der Waals surface area (Å²) in [5, 5.41) is 12.9. The van der Waals surface area contributed by atoms with Crippen LogP contribution < -0.4 is 10.2 Å². The van der Waals surface area contributed by atoms with Gasteiger partial charge >= 0.3 is 0 Å². The minimum atomic E-state index is -0.615. The lowest BCUT2D eigenvalue weighted by molar-refractivity contribution is -0.123. The first-order valence-corrected chi connectivity index (χ1v) is 10.8. The highest BCUT2D eigenvalue weighted by Gasteiger charge is 2.30. The second-order valence-corrected chi connectivity index (χ2v) is 9.23. The highest BCUT2D eigenvalue weighted by atomic mass is 16.2. The third-order valence-corrected chi connectivity index (χ3v) is 5.99. The van der Waals surface area contributed by atoms with Crippen molar-refractivity contribution < 1.29 is 4.79 Å². The molecular formula is C25H32N4O. The topological polar surface area (TPSA) is 69.0 Å². The molecule has 2 aromatic rings. The predicted octanol–water partition coefficient (Wildman–Crippen LogP) is 4.88. The lowest BCUT2D eigenvalue weighted by Crippen LogP contribution is -2.44. The number of benzene rings is 1. The second-order valence-electron chi connectivity index (χ2n) is 9.23. The number of likely N-dealkylation sites (N-methyl/N-ethyl adjacent to an activating group) is 1. The molecule has 1 unspecified atom stereocenters. The molecule has 1 saturated carbocycles. The zero-order chi connectivity index (χ0) is 21.7. The number of pyridine rings is 1. The van der Waals surface area contributed by atoms with E-state index in [0.717, 1.165) is 31.4 Å². The summed E-state index contributed by atoms with van der Waals surface area (Å²) >= 11 is 0. The third-order valence-electron chi connectivity index (χ3n) is 5.99. The molecule has 5 nitrogen and oxygen atoms in total. The summed E-state index contributed by atoms with van der Waals surface area (Å²) in [6.07, 6.45) is 8.80. The van der Waals surface area contributed by atoms with Crippen LogP contribution in [0.2, 0.25) is 0 Å². The first-order chi connectivity index (χ1) is 14.3. The quantitative estimate of drug-likeness (QED) is 0.771. The monoisotopic (exact) mass is 404 g/mol. The number of amides is 1. The van der Waals surface area contributed by atoms with Gasteiger partial charge in [0.2, 0.25) is 5.91 Å². The van der Waals surface area contributed by atoms with Crippen LogP contribution in [0.1, 0.15) is 75.6 Å². The molecule has 1 N–H and O–H groups in total. The van der Waals surface area contributed by atoms with Crippen LogP contribution in [0.25, 0.3) is 0 Å². The molecule has 5 heteroatoms. The van der Waals surface area contributed by atoms with Crippen molar-refractivity contribution in [3.05, 3.63) is 59.4 Å². The van der Waals surface area contributed by atoms with Crippen LogP contribution in [0, 0.1) is 11.3 Å². The molecule has 1 aromatic carbocycles. The molecule has 0 bridgehead atoms. The zero-order valence-electron chi connectivity index (χ0n) is 18.5. The lowest BCUT2D eigenvalue weighted by Gasteiger charge is -2.32. The van der Waals surface area contributed by atoms with E-state index in [2.05, 4.69) is 49.3 Å². The Kier molecular flexibility index (Phi) is 6.77. The molecule has 30 heavy (non-hydrogen) atoms. The van der Waals surface area contributed by atoms with Crippen LogP contribution in [0.3, 0.4) is 0 Å². The number of nitrogens with zero attached hydrogens (tertiary/aromatic N) is 3. The van der Waals surface area contributed by atoms with Crippen molar-refractivity contribution in [2.45, 2.75) is 70.4 Å². The van der Waals surface area contributed by atoms with Crippen molar-refractivity contribution in [3.63, 3.8) is 0 Å². The van der Waals surface area contributed by atoms with E-state index in [4.69, 9.17) is 0 Å². The molecule has 1 aromatic heterocycles. The highest BCUT2D eigenvalue weighted by molar-refractivity contribution is 5.87. The summed E-state index contributed by atoms with van der Waals surface area (Å²) in [7, 11) is 1.91. The Labute approximate surface area is 180 Å². The van der Waals surface area contributed by atoms with Crippen molar-refractivity contribution in [2.75, 3.05) is 11.9 Å². The molecule has 0 spiro atoms. The van der Waals surface area contributed by atoms with Crippen molar-refractivity contribution in [2.24, 2.45) is 0 Å². The predicted molar refractivity (Wildman–Crippen MR) is 120 cm³/mol. The number of hydrogen-bond acceptors (Lipinski definition) is 4. The molecule has 1 aliphatic carbocycles. The molecule has 1 fully saturated rings. The fourth-order valence-electron chi connectivity index (χ4n) is 4.12. The Morgan fingerprint density at radius 3 is 2.43 bits per heavy atom. The van der Waals surface area contributed by atoms with E-state index in [-0.39, 0.29) is 17.4 Å². The van der Waals surface area contributed by atoms with E-state index < -0.39 is 6.04 Å².